The van der Waals surface area contributed by atoms with Crippen molar-refractivity contribution in [3.05, 3.63) is 33.4 Å². The van der Waals surface area contributed by atoms with Crippen molar-refractivity contribution in [1.29, 1.82) is 0 Å². The topological polar surface area (TPSA) is 107 Å². The third-order valence-corrected chi connectivity index (χ3v) is 1.99. The Hall–Kier alpha value is -2.44. The number of carboxylic acid groups (broad SMARTS) is 1. The molecule has 0 spiro atoms. The van der Waals surface area contributed by atoms with Crippen LogP contribution in [-0.4, -0.2) is 22.0 Å². The number of benzene rings is 1. The van der Waals surface area contributed by atoms with E-state index in [9.17, 15) is 19.7 Å². The van der Waals surface area contributed by atoms with E-state index >= 15 is 0 Å². The SMILES string of the molecule is CC(=O)Oc1c(C)ccc(C(=O)O)c1[N+](=O)[O-]. The Kier molecular flexibility index (Phi) is 3.42. The van der Waals surface area contributed by atoms with Crippen molar-refractivity contribution < 1.29 is 24.4 Å². The van der Waals surface area contributed by atoms with Gasteiger partial charge in [0.25, 0.3) is 0 Å². The van der Waals surface area contributed by atoms with Crippen LogP contribution in [0.15, 0.2) is 12.1 Å². The first-order valence-corrected chi connectivity index (χ1v) is 4.54. The first kappa shape index (κ1) is 12.6. The molecule has 1 aromatic carbocycles. The van der Waals surface area contributed by atoms with Crippen LogP contribution in [0.1, 0.15) is 22.8 Å². The lowest BCUT2D eigenvalue weighted by molar-refractivity contribution is -0.386. The molecule has 90 valence electrons. The van der Waals surface area contributed by atoms with Crippen molar-refractivity contribution in [1.82, 2.24) is 0 Å². The summed E-state index contributed by atoms with van der Waals surface area (Å²) in [6, 6.07) is 2.44. The Balaban J connectivity index is 3.54. The minimum atomic E-state index is -1.45. The van der Waals surface area contributed by atoms with Crippen molar-refractivity contribution in [3.8, 4) is 5.75 Å². The summed E-state index contributed by atoms with van der Waals surface area (Å²) in [4.78, 5) is 31.6. The molecule has 7 heteroatoms. The van der Waals surface area contributed by atoms with Crippen molar-refractivity contribution in [2.45, 2.75) is 13.8 Å². The zero-order valence-electron chi connectivity index (χ0n) is 9.09. The average molecular weight is 239 g/mol. The summed E-state index contributed by atoms with van der Waals surface area (Å²) in [5.74, 6) is -2.54. The predicted molar refractivity (Wildman–Crippen MR) is 56.1 cm³/mol. The maximum absolute atomic E-state index is 10.8. The molecule has 0 amide bonds. The van der Waals surface area contributed by atoms with Crippen molar-refractivity contribution in [2.75, 3.05) is 0 Å². The van der Waals surface area contributed by atoms with Gasteiger partial charge in [0.2, 0.25) is 5.75 Å². The summed E-state index contributed by atoms with van der Waals surface area (Å²) < 4.78 is 4.68. The number of ether oxygens (including phenoxy) is 1. The number of nitro benzene ring substituents is 1. The molecule has 0 bridgehead atoms. The van der Waals surface area contributed by atoms with Crippen LogP contribution in [0.4, 0.5) is 5.69 Å². The molecule has 0 radical (unpaired) electrons. The van der Waals surface area contributed by atoms with E-state index in [-0.39, 0.29) is 5.75 Å². The molecule has 7 nitrogen and oxygen atoms in total. The van der Waals surface area contributed by atoms with Gasteiger partial charge in [0.15, 0.2) is 0 Å². The third kappa shape index (κ3) is 2.57. The predicted octanol–water partition coefficient (Wildman–Crippen LogP) is 1.53. The first-order valence-electron chi connectivity index (χ1n) is 4.54. The van der Waals surface area contributed by atoms with Gasteiger partial charge in [-0.15, -0.1) is 0 Å². The van der Waals surface area contributed by atoms with Crippen LogP contribution in [0.25, 0.3) is 0 Å². The van der Waals surface area contributed by atoms with E-state index in [0.717, 1.165) is 13.0 Å². The molecule has 1 N–H and O–H groups in total. The second-order valence-electron chi connectivity index (χ2n) is 3.26. The highest BCUT2D eigenvalue weighted by molar-refractivity contribution is 5.94. The normalized spacial score (nSPS) is 9.76. The molecule has 0 fully saturated rings. The number of nitrogens with zero attached hydrogens (tertiary/aromatic N) is 1. The number of rotatable bonds is 3. The molecule has 17 heavy (non-hydrogen) atoms. The van der Waals surface area contributed by atoms with E-state index in [2.05, 4.69) is 4.74 Å². The molecule has 0 atom stereocenters. The van der Waals surface area contributed by atoms with Crippen molar-refractivity contribution in [3.63, 3.8) is 0 Å². The summed E-state index contributed by atoms with van der Waals surface area (Å²) in [5, 5.41) is 19.7. The number of aryl methyl sites for hydroxylation is 1. The molecule has 0 aliphatic carbocycles. The number of carboxylic acids is 1. The van der Waals surface area contributed by atoms with Gasteiger partial charge in [-0.25, -0.2) is 4.79 Å². The summed E-state index contributed by atoms with van der Waals surface area (Å²) in [5.41, 5.74) is -0.915. The maximum Gasteiger partial charge on any atom is 0.342 e. The Morgan fingerprint density at radius 1 is 1.41 bits per heavy atom. The molecule has 0 unspecified atom stereocenters. The molecule has 0 saturated carbocycles. The van der Waals surface area contributed by atoms with E-state index in [1.54, 1.807) is 0 Å². The zero-order valence-corrected chi connectivity index (χ0v) is 9.09. The van der Waals surface area contributed by atoms with Crippen molar-refractivity contribution in [2.24, 2.45) is 0 Å². The number of nitro groups is 1. The summed E-state index contributed by atoms with van der Waals surface area (Å²) in [7, 11) is 0. The first-order chi connectivity index (χ1) is 7.84. The Morgan fingerprint density at radius 3 is 2.41 bits per heavy atom. The highest BCUT2D eigenvalue weighted by Gasteiger charge is 2.28. The van der Waals surface area contributed by atoms with Gasteiger partial charge in [-0.3, -0.25) is 14.9 Å². The van der Waals surface area contributed by atoms with Gasteiger partial charge < -0.3 is 9.84 Å². The minimum absolute atomic E-state index is 0.317. The van der Waals surface area contributed by atoms with E-state index in [0.29, 0.717) is 5.56 Å². The lowest BCUT2D eigenvalue weighted by Crippen LogP contribution is -2.09. The van der Waals surface area contributed by atoms with Gasteiger partial charge in [-0.05, 0) is 18.6 Å². The minimum Gasteiger partial charge on any atom is -0.477 e. The number of carbonyl (C=O) groups excluding carboxylic acids is 1. The number of carbonyl (C=O) groups is 2. The Morgan fingerprint density at radius 2 is 2.00 bits per heavy atom. The van der Waals surface area contributed by atoms with Gasteiger partial charge in [-0.1, -0.05) is 6.07 Å². The Labute approximate surface area is 95.8 Å². The number of hydrogen-bond acceptors (Lipinski definition) is 5. The van der Waals surface area contributed by atoms with Crippen LogP contribution in [0, 0.1) is 17.0 Å². The highest BCUT2D eigenvalue weighted by atomic mass is 16.6. The van der Waals surface area contributed by atoms with E-state index < -0.39 is 28.1 Å². The van der Waals surface area contributed by atoms with Gasteiger partial charge in [0, 0.05) is 6.92 Å². The quantitative estimate of drug-likeness (QED) is 0.371. The molecular weight excluding hydrogens is 230 g/mol. The molecular formula is C10H9NO6. The van der Waals surface area contributed by atoms with Crippen LogP contribution in [0.3, 0.4) is 0 Å². The molecule has 0 aliphatic heterocycles. The summed E-state index contributed by atoms with van der Waals surface area (Å²) >= 11 is 0. The van der Waals surface area contributed by atoms with E-state index in [1.807, 2.05) is 0 Å². The zero-order chi connectivity index (χ0) is 13.2. The highest BCUT2D eigenvalue weighted by Crippen LogP contribution is 2.34. The van der Waals surface area contributed by atoms with E-state index in [1.165, 1.54) is 13.0 Å². The second kappa shape index (κ2) is 4.60. The van der Waals surface area contributed by atoms with E-state index in [4.69, 9.17) is 5.11 Å². The van der Waals surface area contributed by atoms with Crippen molar-refractivity contribution >= 4 is 17.6 Å². The van der Waals surface area contributed by atoms with Crippen LogP contribution in [-0.2, 0) is 4.79 Å². The standard InChI is InChI=1S/C10H9NO6/c1-5-3-4-7(10(13)14)8(11(15)16)9(5)17-6(2)12/h3-4H,1-2H3,(H,13,14). The fourth-order valence-corrected chi connectivity index (χ4v) is 1.30. The third-order valence-electron chi connectivity index (χ3n) is 1.99. The molecule has 1 aromatic rings. The molecule has 0 aromatic heterocycles. The Bertz CT molecular complexity index is 508. The van der Waals surface area contributed by atoms with Crippen LogP contribution in [0.2, 0.25) is 0 Å². The van der Waals surface area contributed by atoms with Crippen LogP contribution in [0.5, 0.6) is 5.75 Å². The fraction of sp³-hybridized carbons (Fsp3) is 0.200. The number of aromatic carboxylic acids is 1. The second-order valence-corrected chi connectivity index (χ2v) is 3.26. The smallest absolute Gasteiger partial charge is 0.342 e. The van der Waals surface area contributed by atoms with Crippen LogP contribution < -0.4 is 4.74 Å². The molecule has 1 rings (SSSR count). The lowest BCUT2D eigenvalue weighted by atomic mass is 10.1. The number of hydrogen-bond donors (Lipinski definition) is 1. The largest absolute Gasteiger partial charge is 0.477 e. The summed E-state index contributed by atoms with van der Waals surface area (Å²) in [6.07, 6.45) is 0. The van der Waals surface area contributed by atoms with Gasteiger partial charge >= 0.3 is 17.6 Å². The summed E-state index contributed by atoms with van der Waals surface area (Å²) in [6.45, 7) is 2.56. The molecule has 0 saturated heterocycles. The van der Waals surface area contributed by atoms with Gasteiger partial charge in [0.1, 0.15) is 5.56 Å². The maximum atomic E-state index is 10.8. The fourth-order valence-electron chi connectivity index (χ4n) is 1.30. The van der Waals surface area contributed by atoms with Gasteiger partial charge in [-0.2, -0.15) is 0 Å². The average Bonchev–Trinajstić information content (AvgIpc) is 2.19. The molecule has 0 aliphatic rings. The monoisotopic (exact) mass is 239 g/mol. The molecule has 0 heterocycles. The lowest BCUT2D eigenvalue weighted by Gasteiger charge is -2.07. The number of esters is 1. The van der Waals surface area contributed by atoms with Crippen LogP contribution >= 0.6 is 0 Å². The van der Waals surface area contributed by atoms with Gasteiger partial charge in [0.05, 0.1) is 4.92 Å².